The van der Waals surface area contributed by atoms with Crippen LogP contribution in [0.1, 0.15) is 44.4 Å². The number of rotatable bonds is 8. The second kappa shape index (κ2) is 8.00. The molecule has 1 aromatic rings. The van der Waals surface area contributed by atoms with Crippen molar-refractivity contribution in [1.29, 1.82) is 0 Å². The maximum Gasteiger partial charge on any atom is 0.0810 e. The monoisotopic (exact) mass is 285 g/mol. The lowest BCUT2D eigenvalue weighted by atomic mass is 10.1. The van der Waals surface area contributed by atoms with Gasteiger partial charge in [0.05, 0.1) is 25.9 Å². The van der Waals surface area contributed by atoms with Crippen LogP contribution in [0.3, 0.4) is 0 Å². The van der Waals surface area contributed by atoms with E-state index >= 15 is 0 Å². The van der Waals surface area contributed by atoms with Crippen molar-refractivity contribution in [2.45, 2.75) is 59.4 Å². The largest absolute Gasteiger partial charge is 0.376 e. The van der Waals surface area contributed by atoms with Crippen LogP contribution in [0.15, 0.2) is 12.1 Å². The van der Waals surface area contributed by atoms with E-state index in [1.54, 1.807) is 0 Å². The fourth-order valence-corrected chi connectivity index (χ4v) is 2.36. The summed E-state index contributed by atoms with van der Waals surface area (Å²) < 4.78 is 11.0. The molecule has 0 saturated carbocycles. The summed E-state index contributed by atoms with van der Waals surface area (Å²) in [4.78, 5) is 2.63. The summed E-state index contributed by atoms with van der Waals surface area (Å²) in [5, 5.41) is 3.49. The van der Waals surface area contributed by atoms with Crippen LogP contribution in [-0.4, -0.2) is 24.9 Å². The normalized spacial score (nSPS) is 12.3. The predicted molar refractivity (Wildman–Crippen MR) is 81.7 cm³/mol. The van der Waals surface area contributed by atoms with E-state index in [1.807, 2.05) is 25.2 Å². The van der Waals surface area contributed by atoms with Crippen molar-refractivity contribution in [3.05, 3.63) is 21.9 Å². The van der Waals surface area contributed by atoms with Gasteiger partial charge in [0.25, 0.3) is 0 Å². The Morgan fingerprint density at radius 2 is 1.84 bits per heavy atom. The first-order valence-electron chi connectivity index (χ1n) is 6.89. The zero-order valence-corrected chi connectivity index (χ0v) is 13.6. The summed E-state index contributed by atoms with van der Waals surface area (Å²) in [6, 6.07) is 4.32. The summed E-state index contributed by atoms with van der Waals surface area (Å²) in [6.45, 7) is 13.5. The molecule has 0 saturated heterocycles. The van der Waals surface area contributed by atoms with Crippen LogP contribution in [0.5, 0.6) is 0 Å². The van der Waals surface area contributed by atoms with E-state index < -0.39 is 0 Å². The Morgan fingerprint density at radius 1 is 1.16 bits per heavy atom. The molecule has 1 heterocycles. The van der Waals surface area contributed by atoms with Crippen LogP contribution >= 0.6 is 11.3 Å². The third-order valence-electron chi connectivity index (χ3n) is 2.43. The van der Waals surface area contributed by atoms with E-state index in [2.05, 4.69) is 38.2 Å². The highest BCUT2D eigenvalue weighted by molar-refractivity contribution is 7.11. The highest BCUT2D eigenvalue weighted by Gasteiger charge is 2.09. The van der Waals surface area contributed by atoms with Gasteiger partial charge in [0.15, 0.2) is 0 Å². The number of ether oxygens (including phenoxy) is 2. The van der Waals surface area contributed by atoms with Crippen molar-refractivity contribution in [3.63, 3.8) is 0 Å². The zero-order valence-electron chi connectivity index (χ0n) is 12.8. The molecule has 0 radical (unpaired) electrons. The van der Waals surface area contributed by atoms with Crippen molar-refractivity contribution >= 4 is 11.3 Å². The maximum absolute atomic E-state index is 5.59. The van der Waals surface area contributed by atoms with E-state index in [9.17, 15) is 0 Å². The molecule has 4 heteroatoms. The zero-order chi connectivity index (χ0) is 14.3. The predicted octanol–water partition coefficient (Wildman–Crippen LogP) is 3.58. The van der Waals surface area contributed by atoms with Crippen molar-refractivity contribution in [2.75, 3.05) is 13.2 Å². The van der Waals surface area contributed by atoms with Crippen LogP contribution in [-0.2, 0) is 22.6 Å². The molecule has 1 N–H and O–H groups in total. The molecular weight excluding hydrogens is 258 g/mol. The lowest BCUT2D eigenvalue weighted by Gasteiger charge is -2.19. The van der Waals surface area contributed by atoms with E-state index in [0.717, 1.165) is 6.54 Å². The number of thiophene rings is 1. The van der Waals surface area contributed by atoms with Gasteiger partial charge in [-0.25, -0.2) is 0 Å². The average Bonchev–Trinajstić information content (AvgIpc) is 2.72. The summed E-state index contributed by atoms with van der Waals surface area (Å²) in [5.41, 5.74) is 0.162. The van der Waals surface area contributed by atoms with Gasteiger partial charge in [-0.15, -0.1) is 11.3 Å². The first kappa shape index (κ1) is 16.6. The minimum atomic E-state index is 0.162. The van der Waals surface area contributed by atoms with Crippen molar-refractivity contribution < 1.29 is 9.47 Å². The Bertz CT molecular complexity index is 355. The third-order valence-corrected chi connectivity index (χ3v) is 3.49. The molecule has 0 amide bonds. The molecule has 19 heavy (non-hydrogen) atoms. The van der Waals surface area contributed by atoms with Crippen molar-refractivity contribution in [2.24, 2.45) is 0 Å². The number of hydrogen-bond acceptors (Lipinski definition) is 4. The molecule has 0 aliphatic heterocycles. The summed E-state index contributed by atoms with van der Waals surface area (Å²) in [5.74, 6) is 0. The number of nitrogens with one attached hydrogen (secondary N) is 1. The Hall–Kier alpha value is -0.420. The molecular formula is C15H27NO2S. The molecule has 3 nitrogen and oxygen atoms in total. The highest BCUT2D eigenvalue weighted by atomic mass is 32.1. The van der Waals surface area contributed by atoms with Gasteiger partial charge in [-0.3, -0.25) is 0 Å². The first-order valence-corrected chi connectivity index (χ1v) is 7.70. The maximum atomic E-state index is 5.59. The molecule has 1 aromatic heterocycles. The first-order chi connectivity index (χ1) is 8.87. The molecule has 0 unspecified atom stereocenters. The molecule has 0 bridgehead atoms. The lowest BCUT2D eigenvalue weighted by Crippen LogP contribution is -2.34. The van der Waals surface area contributed by atoms with E-state index in [1.165, 1.54) is 9.75 Å². The van der Waals surface area contributed by atoms with Gasteiger partial charge < -0.3 is 14.8 Å². The van der Waals surface area contributed by atoms with Crippen LogP contribution in [0.2, 0.25) is 0 Å². The fraction of sp³-hybridized carbons (Fsp3) is 0.733. The van der Waals surface area contributed by atoms with E-state index in [4.69, 9.17) is 9.47 Å². The second-order valence-corrected chi connectivity index (χ2v) is 7.20. The summed E-state index contributed by atoms with van der Waals surface area (Å²) >= 11 is 1.81. The molecule has 1 rings (SSSR count). The average molecular weight is 285 g/mol. The summed E-state index contributed by atoms with van der Waals surface area (Å²) in [7, 11) is 0. The van der Waals surface area contributed by atoms with Gasteiger partial charge in [0.2, 0.25) is 0 Å². The highest BCUT2D eigenvalue weighted by Crippen LogP contribution is 2.18. The molecule has 110 valence electrons. The van der Waals surface area contributed by atoms with Gasteiger partial charge >= 0.3 is 0 Å². The summed E-state index contributed by atoms with van der Waals surface area (Å²) in [6.07, 6.45) is 0.278. The minimum Gasteiger partial charge on any atom is -0.376 e. The van der Waals surface area contributed by atoms with Crippen molar-refractivity contribution in [1.82, 2.24) is 5.32 Å². The number of hydrogen-bond donors (Lipinski definition) is 1. The third kappa shape index (κ3) is 8.37. The van der Waals surface area contributed by atoms with Gasteiger partial charge in [-0.05, 0) is 46.8 Å². The Balaban J connectivity index is 2.20. The molecule has 0 aliphatic rings. The molecule has 0 fully saturated rings. The SMILES string of the molecule is CC(C)OCCOCc1ccc(CNC(C)(C)C)s1. The van der Waals surface area contributed by atoms with Gasteiger partial charge in [0.1, 0.15) is 0 Å². The standard InChI is InChI=1S/C15H27NO2S/c1-12(2)18-9-8-17-11-14-7-6-13(19-14)10-16-15(3,4)5/h6-7,12,16H,8-11H2,1-5H3. The van der Waals surface area contributed by atoms with E-state index in [0.29, 0.717) is 19.8 Å². The Kier molecular flexibility index (Phi) is 7.00. The quantitative estimate of drug-likeness (QED) is 0.741. The topological polar surface area (TPSA) is 30.5 Å². The second-order valence-electron chi connectivity index (χ2n) is 5.94. The molecule has 0 spiro atoms. The fourth-order valence-electron chi connectivity index (χ4n) is 1.46. The smallest absolute Gasteiger partial charge is 0.0810 e. The van der Waals surface area contributed by atoms with Crippen LogP contribution in [0, 0.1) is 0 Å². The van der Waals surface area contributed by atoms with Crippen molar-refractivity contribution in [3.8, 4) is 0 Å². The van der Waals surface area contributed by atoms with Gasteiger partial charge in [-0.1, -0.05) is 0 Å². The Labute approximate surface area is 121 Å². The van der Waals surface area contributed by atoms with E-state index in [-0.39, 0.29) is 11.6 Å². The molecule has 0 aliphatic carbocycles. The molecule has 0 aromatic carbocycles. The van der Waals surface area contributed by atoms with Gasteiger partial charge in [0, 0.05) is 21.8 Å². The van der Waals surface area contributed by atoms with Crippen LogP contribution in [0.4, 0.5) is 0 Å². The minimum absolute atomic E-state index is 0.162. The van der Waals surface area contributed by atoms with Gasteiger partial charge in [-0.2, -0.15) is 0 Å². The lowest BCUT2D eigenvalue weighted by molar-refractivity contribution is 0.0149. The molecule has 0 atom stereocenters. The van der Waals surface area contributed by atoms with Crippen LogP contribution < -0.4 is 5.32 Å². The van der Waals surface area contributed by atoms with Crippen LogP contribution in [0.25, 0.3) is 0 Å². The Morgan fingerprint density at radius 3 is 2.47 bits per heavy atom.